The number of rotatable bonds is 5. The standard InChI is InChI=1S/C19H28N4OS/c1-21(19(16-20)7-3-2-4-8-19)18(24)15-23-11-9-22(10-12-23)14-17-6-5-13-25-17/h5-6,13H,2-4,7-12,14-15H2,1H3/p+2. The Hall–Kier alpha value is -1.42. The van der Waals surface area contributed by atoms with E-state index < -0.39 is 5.54 Å². The van der Waals surface area contributed by atoms with Gasteiger partial charge in [0.15, 0.2) is 6.54 Å². The monoisotopic (exact) mass is 362 g/mol. The summed E-state index contributed by atoms with van der Waals surface area (Å²) in [6.45, 7) is 5.96. The summed E-state index contributed by atoms with van der Waals surface area (Å²) in [6.07, 6.45) is 4.97. The molecule has 6 heteroatoms. The lowest BCUT2D eigenvalue weighted by atomic mass is 9.81. The van der Waals surface area contributed by atoms with Crippen molar-refractivity contribution in [3.63, 3.8) is 0 Å². The first-order valence-electron chi connectivity index (χ1n) is 9.50. The number of carbonyl (C=O) groups excluding carboxylic acids is 1. The molecule has 2 aliphatic rings. The van der Waals surface area contributed by atoms with E-state index in [9.17, 15) is 10.1 Å². The Morgan fingerprint density at radius 3 is 2.52 bits per heavy atom. The highest BCUT2D eigenvalue weighted by Crippen LogP contribution is 2.32. The second-order valence-electron chi connectivity index (χ2n) is 7.59. The fraction of sp³-hybridized carbons (Fsp3) is 0.684. The molecule has 2 fully saturated rings. The van der Waals surface area contributed by atoms with E-state index in [4.69, 9.17) is 0 Å². The Morgan fingerprint density at radius 1 is 1.24 bits per heavy atom. The molecule has 2 heterocycles. The number of likely N-dealkylation sites (N-methyl/N-ethyl adjacent to an activating group) is 1. The van der Waals surface area contributed by atoms with Gasteiger partial charge in [0.2, 0.25) is 0 Å². The molecular formula is C19H30N4OS+2. The normalized spacial score (nSPS) is 25.9. The molecule has 1 saturated heterocycles. The number of nitrogens with zero attached hydrogens (tertiary/aromatic N) is 2. The van der Waals surface area contributed by atoms with Crippen molar-refractivity contribution < 1.29 is 14.6 Å². The molecule has 5 nitrogen and oxygen atoms in total. The Balaban J connectivity index is 1.48. The molecule has 1 amide bonds. The van der Waals surface area contributed by atoms with Crippen LogP contribution in [-0.2, 0) is 11.3 Å². The molecule has 0 atom stereocenters. The summed E-state index contributed by atoms with van der Waals surface area (Å²) in [7, 11) is 1.84. The molecule has 25 heavy (non-hydrogen) atoms. The predicted octanol–water partition coefficient (Wildman–Crippen LogP) is -0.284. The van der Waals surface area contributed by atoms with Gasteiger partial charge in [-0.2, -0.15) is 5.26 Å². The van der Waals surface area contributed by atoms with Gasteiger partial charge in [0.1, 0.15) is 38.3 Å². The van der Waals surface area contributed by atoms with Crippen molar-refractivity contribution in [2.75, 3.05) is 39.8 Å². The van der Waals surface area contributed by atoms with Crippen LogP contribution in [-0.4, -0.2) is 56.1 Å². The van der Waals surface area contributed by atoms with E-state index in [1.165, 1.54) is 16.2 Å². The molecule has 1 aliphatic carbocycles. The highest BCUT2D eigenvalue weighted by molar-refractivity contribution is 7.09. The number of quaternary nitrogens is 2. The van der Waals surface area contributed by atoms with E-state index in [1.807, 2.05) is 18.4 Å². The minimum absolute atomic E-state index is 0.139. The van der Waals surface area contributed by atoms with E-state index in [0.717, 1.165) is 58.4 Å². The third kappa shape index (κ3) is 4.41. The number of carbonyl (C=O) groups is 1. The van der Waals surface area contributed by atoms with Crippen LogP contribution in [0, 0.1) is 11.3 Å². The second-order valence-corrected chi connectivity index (χ2v) is 8.62. The van der Waals surface area contributed by atoms with Crippen molar-refractivity contribution in [3.8, 4) is 6.07 Å². The maximum Gasteiger partial charge on any atom is 0.278 e. The fourth-order valence-electron chi connectivity index (χ4n) is 4.20. The number of nitriles is 1. The molecular weight excluding hydrogens is 332 g/mol. The minimum Gasteiger partial charge on any atom is -0.322 e. The SMILES string of the molecule is CN(C(=O)C[NH+]1CC[NH+](Cc2cccs2)CC1)C1(C#N)CCCCC1. The Bertz CT molecular complexity index is 595. The molecule has 1 aromatic rings. The minimum atomic E-state index is -0.555. The molecule has 1 saturated carbocycles. The summed E-state index contributed by atoms with van der Waals surface area (Å²) < 4.78 is 0. The summed E-state index contributed by atoms with van der Waals surface area (Å²) in [6, 6.07) is 6.79. The van der Waals surface area contributed by atoms with Crippen LogP contribution in [0.5, 0.6) is 0 Å². The highest BCUT2D eigenvalue weighted by Gasteiger charge is 2.40. The van der Waals surface area contributed by atoms with E-state index in [1.54, 1.807) is 9.80 Å². The van der Waals surface area contributed by atoms with Gasteiger partial charge in [0.25, 0.3) is 5.91 Å². The van der Waals surface area contributed by atoms with Crippen LogP contribution in [0.3, 0.4) is 0 Å². The van der Waals surface area contributed by atoms with Crippen molar-refractivity contribution in [2.45, 2.75) is 44.2 Å². The Labute approximate surface area is 154 Å². The highest BCUT2D eigenvalue weighted by atomic mass is 32.1. The van der Waals surface area contributed by atoms with Crippen molar-refractivity contribution >= 4 is 17.2 Å². The van der Waals surface area contributed by atoms with Gasteiger partial charge in [0.05, 0.1) is 10.9 Å². The van der Waals surface area contributed by atoms with E-state index in [0.29, 0.717) is 6.54 Å². The van der Waals surface area contributed by atoms with Crippen LogP contribution in [0.15, 0.2) is 17.5 Å². The zero-order valence-corrected chi connectivity index (χ0v) is 16.0. The molecule has 136 valence electrons. The molecule has 1 aliphatic heterocycles. The quantitative estimate of drug-likeness (QED) is 0.757. The van der Waals surface area contributed by atoms with Crippen molar-refractivity contribution in [1.82, 2.24) is 4.90 Å². The number of hydrogen-bond donors (Lipinski definition) is 2. The number of amides is 1. The molecule has 0 radical (unpaired) electrons. The van der Waals surface area contributed by atoms with Gasteiger partial charge in [-0.05, 0) is 24.3 Å². The Morgan fingerprint density at radius 2 is 1.92 bits per heavy atom. The van der Waals surface area contributed by atoms with E-state index in [2.05, 4.69) is 23.6 Å². The van der Waals surface area contributed by atoms with Gasteiger partial charge in [-0.3, -0.25) is 4.79 Å². The smallest absolute Gasteiger partial charge is 0.278 e. The summed E-state index contributed by atoms with van der Waals surface area (Å²) in [5.74, 6) is 0.139. The van der Waals surface area contributed by atoms with Gasteiger partial charge in [-0.1, -0.05) is 25.3 Å². The fourth-order valence-corrected chi connectivity index (χ4v) is 4.98. The number of nitrogens with one attached hydrogen (secondary N) is 2. The maximum atomic E-state index is 12.8. The first-order chi connectivity index (χ1) is 12.1. The molecule has 0 aromatic carbocycles. The van der Waals surface area contributed by atoms with Gasteiger partial charge >= 0.3 is 0 Å². The van der Waals surface area contributed by atoms with Crippen LogP contribution in [0.25, 0.3) is 0 Å². The number of piperazine rings is 1. The molecule has 2 N–H and O–H groups in total. The van der Waals surface area contributed by atoms with Crippen LogP contribution in [0.4, 0.5) is 0 Å². The first-order valence-corrected chi connectivity index (χ1v) is 10.4. The lowest BCUT2D eigenvalue weighted by molar-refractivity contribution is -1.02. The summed E-state index contributed by atoms with van der Waals surface area (Å²) in [4.78, 5) is 19.0. The van der Waals surface area contributed by atoms with Crippen molar-refractivity contribution in [2.24, 2.45) is 0 Å². The van der Waals surface area contributed by atoms with E-state index in [-0.39, 0.29) is 5.91 Å². The molecule has 1 aromatic heterocycles. The summed E-state index contributed by atoms with van der Waals surface area (Å²) in [5, 5.41) is 11.8. The number of hydrogen-bond acceptors (Lipinski definition) is 3. The molecule has 0 spiro atoms. The van der Waals surface area contributed by atoms with Gasteiger partial charge in [-0.15, -0.1) is 11.3 Å². The maximum absolute atomic E-state index is 12.8. The lowest BCUT2D eigenvalue weighted by Crippen LogP contribution is -3.28. The van der Waals surface area contributed by atoms with Gasteiger partial charge in [-0.25, -0.2) is 0 Å². The van der Waals surface area contributed by atoms with Crippen molar-refractivity contribution in [1.29, 1.82) is 5.26 Å². The van der Waals surface area contributed by atoms with Gasteiger partial charge < -0.3 is 14.7 Å². The summed E-state index contributed by atoms with van der Waals surface area (Å²) in [5.41, 5.74) is -0.555. The number of thiophene rings is 1. The van der Waals surface area contributed by atoms with Crippen molar-refractivity contribution in [3.05, 3.63) is 22.4 Å². The molecule has 0 bridgehead atoms. The zero-order chi connectivity index (χ0) is 17.7. The predicted molar refractivity (Wildman–Crippen MR) is 98.5 cm³/mol. The van der Waals surface area contributed by atoms with Crippen LogP contribution in [0.2, 0.25) is 0 Å². The van der Waals surface area contributed by atoms with E-state index >= 15 is 0 Å². The van der Waals surface area contributed by atoms with Crippen LogP contribution < -0.4 is 9.80 Å². The van der Waals surface area contributed by atoms with Crippen LogP contribution >= 0.6 is 11.3 Å². The van der Waals surface area contributed by atoms with Crippen LogP contribution in [0.1, 0.15) is 37.0 Å². The third-order valence-electron chi connectivity index (χ3n) is 5.97. The molecule has 3 rings (SSSR count). The first kappa shape index (κ1) is 18.4. The van der Waals surface area contributed by atoms with Gasteiger partial charge in [0, 0.05) is 7.05 Å². The Kier molecular flexibility index (Phi) is 6.10. The third-order valence-corrected chi connectivity index (χ3v) is 6.85. The molecule has 0 unspecified atom stereocenters. The average Bonchev–Trinajstić information content (AvgIpc) is 3.16. The lowest BCUT2D eigenvalue weighted by Gasteiger charge is -2.39. The second kappa shape index (κ2) is 8.31. The topological polar surface area (TPSA) is 53.0 Å². The zero-order valence-electron chi connectivity index (χ0n) is 15.2. The average molecular weight is 363 g/mol. The summed E-state index contributed by atoms with van der Waals surface area (Å²) >= 11 is 1.83. The largest absolute Gasteiger partial charge is 0.322 e.